The van der Waals surface area contributed by atoms with Gasteiger partial charge in [0.1, 0.15) is 0 Å². The van der Waals surface area contributed by atoms with Gasteiger partial charge in [-0.1, -0.05) is 13.8 Å². The molecule has 0 N–H and O–H groups in total. The first kappa shape index (κ1) is 10.4. The summed E-state index contributed by atoms with van der Waals surface area (Å²) >= 11 is 0. The molecule has 1 amide bonds. The maximum absolute atomic E-state index is 10.9. The van der Waals surface area contributed by atoms with Crippen LogP contribution in [-0.2, 0) is 15.7 Å². The Balaban J connectivity index is 4.04. The van der Waals surface area contributed by atoms with E-state index in [2.05, 4.69) is 0 Å². The Hall–Kier alpha value is -0.580. The van der Waals surface area contributed by atoms with Gasteiger partial charge in [0.2, 0.25) is 16.8 Å². The average molecular weight is 179 g/mol. The van der Waals surface area contributed by atoms with Gasteiger partial charge in [0.05, 0.1) is 0 Å². The van der Waals surface area contributed by atoms with Crippen molar-refractivity contribution in [3.05, 3.63) is 0 Å². The average Bonchev–Trinajstić information content (AvgIpc) is 1.84. The molecular weight excluding hydrogens is 166 g/mol. The molecule has 0 atom stereocenters. The van der Waals surface area contributed by atoms with E-state index < -0.39 is 10.9 Å². The van der Waals surface area contributed by atoms with Gasteiger partial charge in [-0.15, -0.1) is 0 Å². The Bertz CT molecular complexity index is 202. The van der Waals surface area contributed by atoms with Crippen LogP contribution in [0.1, 0.15) is 20.3 Å². The van der Waals surface area contributed by atoms with Crippen LogP contribution in [0.4, 0.5) is 0 Å². The molecule has 0 fully saturated rings. The van der Waals surface area contributed by atoms with Crippen molar-refractivity contribution in [3.63, 3.8) is 0 Å². The lowest BCUT2D eigenvalue weighted by molar-refractivity contribution is -0.126. The molecule has 0 aromatic heterocycles. The third-order valence-corrected chi connectivity index (χ3v) is 1.90. The van der Waals surface area contributed by atoms with Crippen LogP contribution in [0.25, 0.3) is 0 Å². The molecule has 5 heteroatoms. The van der Waals surface area contributed by atoms with Crippen molar-refractivity contribution in [2.45, 2.75) is 20.3 Å². The molecule has 0 spiro atoms. The van der Waals surface area contributed by atoms with E-state index in [-0.39, 0.29) is 18.2 Å². The molecule has 0 aromatic rings. The third-order valence-electron chi connectivity index (χ3n) is 1.19. The Labute approximate surface area is 68.3 Å². The third kappa shape index (κ3) is 3.98. The van der Waals surface area contributed by atoms with Gasteiger partial charge in [-0.3, -0.25) is 4.79 Å². The summed E-state index contributed by atoms with van der Waals surface area (Å²) in [7, 11) is -1.49. The Morgan fingerprint density at radius 3 is 2.18 bits per heavy atom. The maximum Gasteiger partial charge on any atom is 0.235 e. The second kappa shape index (κ2) is 4.33. The molecule has 66 valence electrons. The first-order valence-electron chi connectivity index (χ1n) is 3.36. The van der Waals surface area contributed by atoms with Gasteiger partial charge < -0.3 is 0 Å². The van der Waals surface area contributed by atoms with Gasteiger partial charge in [0.25, 0.3) is 0 Å². The summed E-state index contributed by atoms with van der Waals surface area (Å²) in [5, 5.41) is 0. The quantitative estimate of drug-likeness (QED) is 0.621. The minimum absolute atomic E-state index is 0.194. The molecule has 0 heterocycles. The number of rotatable bonds is 3. The normalized spacial score (nSPS) is 10.6. The first-order chi connectivity index (χ1) is 4.95. The lowest BCUT2D eigenvalue weighted by Crippen LogP contribution is -2.25. The van der Waals surface area contributed by atoms with Crippen molar-refractivity contribution >= 4 is 16.8 Å². The van der Waals surface area contributed by atoms with Crippen molar-refractivity contribution in [1.82, 2.24) is 4.31 Å². The van der Waals surface area contributed by atoms with E-state index in [1.165, 1.54) is 7.05 Å². The van der Waals surface area contributed by atoms with Gasteiger partial charge in [-0.05, 0) is 5.92 Å². The first-order valence-corrected chi connectivity index (χ1v) is 4.49. The van der Waals surface area contributed by atoms with Crippen LogP contribution in [0.15, 0.2) is 0 Å². The molecule has 0 aliphatic rings. The number of carbonyl (C=O) groups is 1. The zero-order chi connectivity index (χ0) is 9.02. The molecule has 4 nitrogen and oxygen atoms in total. The number of thiol groups is 1. The van der Waals surface area contributed by atoms with Crippen LogP contribution in [-0.4, -0.2) is 25.7 Å². The minimum atomic E-state index is -2.75. The van der Waals surface area contributed by atoms with Gasteiger partial charge in [0, 0.05) is 13.5 Å². The highest BCUT2D eigenvalue weighted by Crippen LogP contribution is 2.01. The van der Waals surface area contributed by atoms with Gasteiger partial charge in [-0.25, -0.2) is 12.7 Å². The second-order valence-corrected chi connectivity index (χ2v) is 3.83. The molecule has 11 heavy (non-hydrogen) atoms. The Kier molecular flexibility index (Phi) is 4.10. The molecule has 0 aliphatic carbocycles. The largest absolute Gasteiger partial charge is 0.274 e. The van der Waals surface area contributed by atoms with Crippen LogP contribution >= 0.6 is 0 Å². The van der Waals surface area contributed by atoms with Gasteiger partial charge >= 0.3 is 0 Å². The number of nitrogens with zero attached hydrogens (tertiary/aromatic N) is 1. The molecule has 0 radical (unpaired) electrons. The van der Waals surface area contributed by atoms with Crippen molar-refractivity contribution in [1.29, 1.82) is 0 Å². The monoisotopic (exact) mass is 179 g/mol. The van der Waals surface area contributed by atoms with Crippen molar-refractivity contribution in [3.8, 4) is 0 Å². The van der Waals surface area contributed by atoms with Gasteiger partial charge in [0.15, 0.2) is 0 Å². The lowest BCUT2D eigenvalue weighted by Gasteiger charge is -2.09. The summed E-state index contributed by atoms with van der Waals surface area (Å²) < 4.78 is 21.3. The number of hydrogen-bond acceptors (Lipinski definition) is 3. The van der Waals surface area contributed by atoms with Crippen LogP contribution in [0.5, 0.6) is 0 Å². The zero-order valence-electron chi connectivity index (χ0n) is 6.90. The van der Waals surface area contributed by atoms with Crippen LogP contribution in [0, 0.1) is 5.92 Å². The van der Waals surface area contributed by atoms with Crippen molar-refractivity contribution in [2.24, 2.45) is 5.92 Å². The molecule has 0 rings (SSSR count). The van der Waals surface area contributed by atoms with E-state index in [9.17, 15) is 13.2 Å². The lowest BCUT2D eigenvalue weighted by atomic mass is 10.1. The van der Waals surface area contributed by atoms with E-state index in [1.807, 2.05) is 13.8 Å². The Morgan fingerprint density at radius 2 is 1.91 bits per heavy atom. The fraction of sp³-hybridized carbons (Fsp3) is 0.833. The SMILES string of the molecule is CC(C)CC(=O)N(C)[SH](=O)=O. The predicted molar refractivity (Wildman–Crippen MR) is 42.5 cm³/mol. The Morgan fingerprint density at radius 1 is 1.45 bits per heavy atom. The maximum atomic E-state index is 10.9. The predicted octanol–water partition coefficient (Wildman–Crippen LogP) is 0.0173. The molecule has 0 unspecified atom stereocenters. The fourth-order valence-corrected chi connectivity index (χ4v) is 0.836. The smallest absolute Gasteiger partial charge is 0.235 e. The van der Waals surface area contributed by atoms with Crippen molar-refractivity contribution < 1.29 is 13.2 Å². The van der Waals surface area contributed by atoms with Crippen LogP contribution in [0.3, 0.4) is 0 Å². The van der Waals surface area contributed by atoms with Crippen LogP contribution in [0.2, 0.25) is 0 Å². The summed E-state index contributed by atoms with van der Waals surface area (Å²) in [5.41, 5.74) is 0. The highest BCUT2D eigenvalue weighted by molar-refractivity contribution is 7.70. The number of hydrogen-bond donors (Lipinski definition) is 1. The molecule has 0 aliphatic heterocycles. The summed E-state index contributed by atoms with van der Waals surface area (Å²) in [5.74, 6) is -0.156. The van der Waals surface area contributed by atoms with Gasteiger partial charge in [-0.2, -0.15) is 0 Å². The van der Waals surface area contributed by atoms with Crippen LogP contribution < -0.4 is 0 Å². The minimum Gasteiger partial charge on any atom is -0.274 e. The van der Waals surface area contributed by atoms with E-state index in [0.717, 1.165) is 4.31 Å². The number of carbonyl (C=O) groups excluding carboxylic acids is 1. The molecule has 0 aromatic carbocycles. The molecule has 0 bridgehead atoms. The topological polar surface area (TPSA) is 54.5 Å². The molecular formula is C6H13NO3S. The van der Waals surface area contributed by atoms with E-state index in [0.29, 0.717) is 0 Å². The van der Waals surface area contributed by atoms with E-state index in [4.69, 9.17) is 0 Å². The molecule has 0 saturated heterocycles. The van der Waals surface area contributed by atoms with Crippen molar-refractivity contribution in [2.75, 3.05) is 7.05 Å². The highest BCUT2D eigenvalue weighted by Gasteiger charge is 2.11. The summed E-state index contributed by atoms with van der Waals surface area (Å²) in [6.07, 6.45) is 0.278. The fourth-order valence-electron chi connectivity index (χ4n) is 0.572. The molecule has 0 saturated carbocycles. The summed E-state index contributed by atoms with van der Waals surface area (Å²) in [6.45, 7) is 3.73. The number of amides is 1. The standard InChI is InChI=1S/C6H13NO3S/c1-5(2)4-6(8)7(3)11(9)10/h5,11H,4H2,1-3H3. The van der Waals surface area contributed by atoms with E-state index >= 15 is 0 Å². The van der Waals surface area contributed by atoms with E-state index in [1.54, 1.807) is 0 Å². The second-order valence-electron chi connectivity index (χ2n) is 2.75. The summed E-state index contributed by atoms with van der Waals surface area (Å²) in [4.78, 5) is 10.9. The summed E-state index contributed by atoms with van der Waals surface area (Å²) in [6, 6.07) is 0. The zero-order valence-corrected chi connectivity index (χ0v) is 7.80. The highest BCUT2D eigenvalue weighted by atomic mass is 32.2.